The standard InChI is InChI=1S/C16H21N3O3/c1-2-19(11-12-20)15(21)10-6-9-14-17-18-16(22-14)13-7-4-3-5-8-13/h3-5,7-8,20H,2,6,9-12H2,1H3. The molecule has 22 heavy (non-hydrogen) atoms. The SMILES string of the molecule is CCN(CCO)C(=O)CCCc1nnc(-c2ccccc2)o1. The molecular formula is C16H21N3O3. The second-order valence-electron chi connectivity index (χ2n) is 4.92. The fourth-order valence-corrected chi connectivity index (χ4v) is 2.18. The van der Waals surface area contributed by atoms with Gasteiger partial charge in [0.1, 0.15) is 0 Å². The summed E-state index contributed by atoms with van der Waals surface area (Å²) in [6, 6.07) is 9.58. The van der Waals surface area contributed by atoms with Gasteiger partial charge in [-0.05, 0) is 25.5 Å². The normalized spacial score (nSPS) is 10.6. The van der Waals surface area contributed by atoms with Crippen LogP contribution < -0.4 is 0 Å². The molecule has 0 unspecified atom stereocenters. The first kappa shape index (κ1) is 16.2. The molecule has 2 rings (SSSR count). The molecule has 1 heterocycles. The molecule has 0 spiro atoms. The van der Waals surface area contributed by atoms with E-state index in [4.69, 9.17) is 9.52 Å². The van der Waals surface area contributed by atoms with Gasteiger partial charge >= 0.3 is 0 Å². The van der Waals surface area contributed by atoms with Gasteiger partial charge in [0.2, 0.25) is 17.7 Å². The Morgan fingerprint density at radius 2 is 2.05 bits per heavy atom. The van der Waals surface area contributed by atoms with E-state index in [1.807, 2.05) is 37.3 Å². The number of hydrogen-bond donors (Lipinski definition) is 1. The van der Waals surface area contributed by atoms with Gasteiger partial charge in [-0.15, -0.1) is 10.2 Å². The van der Waals surface area contributed by atoms with Crippen LogP contribution in [0, 0.1) is 0 Å². The molecule has 1 amide bonds. The Morgan fingerprint density at radius 1 is 1.27 bits per heavy atom. The average Bonchev–Trinajstić information content (AvgIpc) is 3.02. The van der Waals surface area contributed by atoms with E-state index in [-0.39, 0.29) is 12.5 Å². The summed E-state index contributed by atoms with van der Waals surface area (Å²) in [5.74, 6) is 1.08. The summed E-state index contributed by atoms with van der Waals surface area (Å²) < 4.78 is 5.60. The molecule has 0 atom stereocenters. The Morgan fingerprint density at radius 3 is 2.73 bits per heavy atom. The molecule has 1 aromatic heterocycles. The zero-order valence-corrected chi connectivity index (χ0v) is 12.7. The van der Waals surface area contributed by atoms with E-state index in [9.17, 15) is 4.79 Å². The fraction of sp³-hybridized carbons (Fsp3) is 0.438. The average molecular weight is 303 g/mol. The summed E-state index contributed by atoms with van der Waals surface area (Å²) in [7, 11) is 0. The summed E-state index contributed by atoms with van der Waals surface area (Å²) in [6.07, 6.45) is 1.64. The van der Waals surface area contributed by atoms with Crippen molar-refractivity contribution in [2.75, 3.05) is 19.7 Å². The van der Waals surface area contributed by atoms with E-state index in [1.165, 1.54) is 0 Å². The molecule has 0 bridgehead atoms. The first-order valence-electron chi connectivity index (χ1n) is 7.51. The van der Waals surface area contributed by atoms with E-state index < -0.39 is 0 Å². The minimum Gasteiger partial charge on any atom is -0.421 e. The summed E-state index contributed by atoms with van der Waals surface area (Å²) in [6.45, 7) is 2.88. The number of hydrogen-bond acceptors (Lipinski definition) is 5. The van der Waals surface area contributed by atoms with Crippen LogP contribution in [0.4, 0.5) is 0 Å². The van der Waals surface area contributed by atoms with E-state index in [2.05, 4.69) is 10.2 Å². The highest BCUT2D eigenvalue weighted by atomic mass is 16.4. The van der Waals surface area contributed by atoms with Crippen molar-refractivity contribution < 1.29 is 14.3 Å². The maximum absolute atomic E-state index is 11.9. The Hall–Kier alpha value is -2.21. The first-order valence-corrected chi connectivity index (χ1v) is 7.51. The maximum Gasteiger partial charge on any atom is 0.247 e. The van der Waals surface area contributed by atoms with E-state index in [0.717, 1.165) is 5.56 Å². The van der Waals surface area contributed by atoms with Crippen LogP contribution >= 0.6 is 0 Å². The van der Waals surface area contributed by atoms with Crippen LogP contribution in [0.15, 0.2) is 34.7 Å². The number of amides is 1. The predicted octanol–water partition coefficient (Wildman–Crippen LogP) is 1.90. The molecule has 6 nitrogen and oxygen atoms in total. The lowest BCUT2D eigenvalue weighted by Crippen LogP contribution is -2.33. The monoisotopic (exact) mass is 303 g/mol. The smallest absolute Gasteiger partial charge is 0.247 e. The molecular weight excluding hydrogens is 282 g/mol. The van der Waals surface area contributed by atoms with Crippen molar-refractivity contribution in [1.29, 1.82) is 0 Å². The zero-order valence-electron chi connectivity index (χ0n) is 12.7. The van der Waals surface area contributed by atoms with Crippen LogP contribution in [0.25, 0.3) is 11.5 Å². The van der Waals surface area contributed by atoms with Crippen molar-refractivity contribution in [3.8, 4) is 11.5 Å². The number of aryl methyl sites for hydroxylation is 1. The number of nitrogens with zero attached hydrogens (tertiary/aromatic N) is 3. The predicted molar refractivity (Wildman–Crippen MR) is 82.0 cm³/mol. The Labute approximate surface area is 129 Å². The highest BCUT2D eigenvalue weighted by Crippen LogP contribution is 2.17. The van der Waals surface area contributed by atoms with Gasteiger partial charge < -0.3 is 14.4 Å². The Bertz CT molecular complexity index is 583. The van der Waals surface area contributed by atoms with E-state index >= 15 is 0 Å². The van der Waals surface area contributed by atoms with Crippen LogP contribution in [0.2, 0.25) is 0 Å². The van der Waals surface area contributed by atoms with Crippen molar-refractivity contribution >= 4 is 5.91 Å². The van der Waals surface area contributed by atoms with Gasteiger partial charge in [-0.2, -0.15) is 0 Å². The molecule has 0 fully saturated rings. The number of aliphatic hydroxyl groups excluding tert-OH is 1. The zero-order chi connectivity index (χ0) is 15.8. The molecule has 0 aliphatic heterocycles. The van der Waals surface area contributed by atoms with Gasteiger partial charge in [0.15, 0.2) is 0 Å². The number of carbonyl (C=O) groups is 1. The number of rotatable bonds is 8. The van der Waals surface area contributed by atoms with Crippen LogP contribution in [0.3, 0.4) is 0 Å². The summed E-state index contributed by atoms with van der Waals surface area (Å²) in [5, 5.41) is 16.9. The molecule has 6 heteroatoms. The number of benzene rings is 1. The highest BCUT2D eigenvalue weighted by molar-refractivity contribution is 5.76. The fourth-order valence-electron chi connectivity index (χ4n) is 2.18. The van der Waals surface area contributed by atoms with Crippen LogP contribution in [0.1, 0.15) is 25.7 Å². The molecule has 2 aromatic rings. The topological polar surface area (TPSA) is 79.5 Å². The second-order valence-corrected chi connectivity index (χ2v) is 4.92. The molecule has 0 saturated carbocycles. The number of likely N-dealkylation sites (N-methyl/N-ethyl adjacent to an activating group) is 1. The molecule has 0 aliphatic rings. The third-order valence-corrected chi connectivity index (χ3v) is 3.37. The largest absolute Gasteiger partial charge is 0.421 e. The third kappa shape index (κ3) is 4.39. The van der Waals surface area contributed by atoms with Crippen LogP contribution in [0.5, 0.6) is 0 Å². The Balaban J connectivity index is 1.83. The highest BCUT2D eigenvalue weighted by Gasteiger charge is 2.12. The number of carbonyl (C=O) groups excluding carboxylic acids is 1. The van der Waals surface area contributed by atoms with Crippen molar-refractivity contribution in [3.05, 3.63) is 36.2 Å². The number of aliphatic hydroxyl groups is 1. The van der Waals surface area contributed by atoms with Gasteiger partial charge in [0, 0.05) is 31.5 Å². The molecule has 1 aromatic carbocycles. The van der Waals surface area contributed by atoms with Gasteiger partial charge in [-0.1, -0.05) is 18.2 Å². The molecule has 118 valence electrons. The lowest BCUT2D eigenvalue weighted by molar-refractivity contribution is -0.131. The van der Waals surface area contributed by atoms with Gasteiger partial charge in [0.25, 0.3) is 0 Å². The minimum absolute atomic E-state index is 0.0102. The van der Waals surface area contributed by atoms with Gasteiger partial charge in [0.05, 0.1) is 6.61 Å². The first-order chi connectivity index (χ1) is 10.7. The Kier molecular flexibility index (Phi) is 6.09. The van der Waals surface area contributed by atoms with Crippen molar-refractivity contribution in [3.63, 3.8) is 0 Å². The number of aromatic nitrogens is 2. The van der Waals surface area contributed by atoms with E-state index in [1.54, 1.807) is 4.90 Å². The van der Waals surface area contributed by atoms with Gasteiger partial charge in [-0.25, -0.2) is 0 Å². The maximum atomic E-state index is 11.9. The lowest BCUT2D eigenvalue weighted by Gasteiger charge is -2.19. The molecule has 1 N–H and O–H groups in total. The van der Waals surface area contributed by atoms with Crippen molar-refractivity contribution in [1.82, 2.24) is 15.1 Å². The summed E-state index contributed by atoms with van der Waals surface area (Å²) in [5.41, 5.74) is 0.887. The molecule has 0 aliphatic carbocycles. The molecule has 0 radical (unpaired) electrons. The van der Waals surface area contributed by atoms with E-state index in [0.29, 0.717) is 44.1 Å². The lowest BCUT2D eigenvalue weighted by atomic mass is 10.2. The molecule has 0 saturated heterocycles. The van der Waals surface area contributed by atoms with Crippen LogP contribution in [-0.2, 0) is 11.2 Å². The van der Waals surface area contributed by atoms with Gasteiger partial charge in [-0.3, -0.25) is 4.79 Å². The minimum atomic E-state index is -0.0102. The van der Waals surface area contributed by atoms with Crippen molar-refractivity contribution in [2.24, 2.45) is 0 Å². The quantitative estimate of drug-likeness (QED) is 0.805. The summed E-state index contributed by atoms with van der Waals surface area (Å²) >= 11 is 0. The summed E-state index contributed by atoms with van der Waals surface area (Å²) in [4.78, 5) is 13.6. The third-order valence-electron chi connectivity index (χ3n) is 3.37. The van der Waals surface area contributed by atoms with Crippen LogP contribution in [-0.4, -0.2) is 45.8 Å². The second kappa shape index (κ2) is 8.29. The van der Waals surface area contributed by atoms with Crippen molar-refractivity contribution in [2.45, 2.75) is 26.2 Å².